The van der Waals surface area contributed by atoms with Gasteiger partial charge in [0.05, 0.1) is 6.10 Å². The summed E-state index contributed by atoms with van der Waals surface area (Å²) in [5, 5.41) is 0. The molecular weight excluding hydrogens is 124 g/mol. The zero-order valence-corrected chi connectivity index (χ0v) is 6.16. The van der Waals surface area contributed by atoms with E-state index in [0.29, 0.717) is 17.9 Å². The predicted octanol–water partition coefficient (Wildman–Crippen LogP) is 1.76. The van der Waals surface area contributed by atoms with Gasteiger partial charge in [-0.15, -0.1) is 0 Å². The maximum absolute atomic E-state index is 5.50. The molecule has 1 heteroatoms. The van der Waals surface area contributed by atoms with Crippen molar-refractivity contribution in [2.45, 2.75) is 13.0 Å². The van der Waals surface area contributed by atoms with Crippen LogP contribution < -0.4 is 0 Å². The van der Waals surface area contributed by atoms with E-state index in [1.54, 1.807) is 0 Å². The fourth-order valence-corrected chi connectivity index (χ4v) is 1.61. The Bertz CT molecular complexity index is 181. The zero-order valence-electron chi connectivity index (χ0n) is 6.16. The van der Waals surface area contributed by atoms with Gasteiger partial charge in [0.1, 0.15) is 0 Å². The van der Waals surface area contributed by atoms with E-state index in [4.69, 9.17) is 4.74 Å². The lowest BCUT2D eigenvalue weighted by Gasteiger charge is -2.26. The highest BCUT2D eigenvalue weighted by molar-refractivity contribution is 5.26. The summed E-state index contributed by atoms with van der Waals surface area (Å²) in [5.41, 5.74) is 0. The molecule has 0 radical (unpaired) electrons. The molecule has 0 aromatic carbocycles. The fraction of sp³-hybridized carbons (Fsp3) is 0.556. The number of hydrogen-bond acceptors (Lipinski definition) is 1. The van der Waals surface area contributed by atoms with Crippen molar-refractivity contribution in [1.82, 2.24) is 0 Å². The summed E-state index contributed by atoms with van der Waals surface area (Å²) in [6, 6.07) is 0. The lowest BCUT2D eigenvalue weighted by molar-refractivity contribution is 0.0640. The highest BCUT2D eigenvalue weighted by Gasteiger charge is 2.33. The van der Waals surface area contributed by atoms with E-state index < -0.39 is 0 Å². The smallest absolute Gasteiger partial charge is 0.0827 e. The van der Waals surface area contributed by atoms with Crippen LogP contribution in [0, 0.1) is 11.8 Å². The van der Waals surface area contributed by atoms with Crippen LogP contribution in [0.1, 0.15) is 6.92 Å². The van der Waals surface area contributed by atoms with Gasteiger partial charge in [0.2, 0.25) is 0 Å². The molecule has 0 aromatic rings. The van der Waals surface area contributed by atoms with Crippen molar-refractivity contribution >= 4 is 0 Å². The maximum Gasteiger partial charge on any atom is 0.0827 e. The van der Waals surface area contributed by atoms with Gasteiger partial charge in [-0.05, 0) is 6.92 Å². The quantitative estimate of drug-likeness (QED) is 0.526. The van der Waals surface area contributed by atoms with Crippen molar-refractivity contribution in [3.05, 3.63) is 24.3 Å². The molecule has 0 aliphatic heterocycles. The van der Waals surface area contributed by atoms with Crippen LogP contribution in [0.4, 0.5) is 0 Å². The Morgan fingerprint density at radius 3 is 2.50 bits per heavy atom. The Morgan fingerprint density at radius 2 is 2.00 bits per heavy atom. The van der Waals surface area contributed by atoms with Gasteiger partial charge < -0.3 is 4.74 Å². The van der Waals surface area contributed by atoms with Gasteiger partial charge >= 0.3 is 0 Å². The molecule has 0 N–H and O–H groups in total. The average molecular weight is 136 g/mol. The number of rotatable bonds is 2. The largest absolute Gasteiger partial charge is 0.374 e. The van der Waals surface area contributed by atoms with E-state index in [-0.39, 0.29) is 0 Å². The second-order valence-electron chi connectivity index (χ2n) is 2.84. The molecule has 3 atom stereocenters. The summed E-state index contributed by atoms with van der Waals surface area (Å²) < 4.78 is 5.50. The highest BCUT2D eigenvalue weighted by atomic mass is 16.5. The van der Waals surface area contributed by atoms with Gasteiger partial charge in [-0.25, -0.2) is 0 Å². The molecule has 10 heavy (non-hydrogen) atoms. The molecular formula is C9H12O. The minimum atomic E-state index is 0.375. The molecule has 2 rings (SSSR count). The summed E-state index contributed by atoms with van der Waals surface area (Å²) in [4.78, 5) is 0. The highest BCUT2D eigenvalue weighted by Crippen LogP contribution is 2.36. The van der Waals surface area contributed by atoms with Gasteiger partial charge in [0.25, 0.3) is 0 Å². The second kappa shape index (κ2) is 2.24. The molecule has 0 amide bonds. The Labute approximate surface area is 61.4 Å². The monoisotopic (exact) mass is 136 g/mol. The van der Waals surface area contributed by atoms with Crippen LogP contribution in [0.2, 0.25) is 0 Å². The van der Waals surface area contributed by atoms with Gasteiger partial charge in [-0.3, -0.25) is 0 Å². The Kier molecular flexibility index (Phi) is 1.38. The predicted molar refractivity (Wildman–Crippen MR) is 40.7 cm³/mol. The zero-order chi connectivity index (χ0) is 6.97. The number of fused-ring (bicyclic) bond motifs is 1. The Hall–Kier alpha value is -0.560. The maximum atomic E-state index is 5.50. The molecule has 2 aliphatic carbocycles. The summed E-state index contributed by atoms with van der Waals surface area (Å²) in [5.74, 6) is 1.36. The van der Waals surface area contributed by atoms with E-state index in [1.165, 1.54) is 0 Å². The van der Waals surface area contributed by atoms with E-state index >= 15 is 0 Å². The van der Waals surface area contributed by atoms with E-state index in [0.717, 1.165) is 6.61 Å². The average Bonchev–Trinajstić information content (AvgIpc) is 2.08. The summed E-state index contributed by atoms with van der Waals surface area (Å²) >= 11 is 0. The molecule has 54 valence electrons. The lowest BCUT2D eigenvalue weighted by Crippen LogP contribution is -2.25. The van der Waals surface area contributed by atoms with Crippen LogP contribution in [0.5, 0.6) is 0 Å². The van der Waals surface area contributed by atoms with Crippen molar-refractivity contribution in [3.63, 3.8) is 0 Å². The van der Waals surface area contributed by atoms with Crippen molar-refractivity contribution < 1.29 is 4.74 Å². The number of allylic oxidation sites excluding steroid dienone is 2. The SMILES string of the molecule is CCOC1C=CC2C=CC21. The third-order valence-corrected chi connectivity index (χ3v) is 2.26. The number of ether oxygens (including phenoxy) is 1. The minimum absolute atomic E-state index is 0.375. The molecule has 0 spiro atoms. The standard InChI is InChI=1S/C9H12O/c1-2-10-9-6-4-7-3-5-8(7)9/h3-9H,2H2,1H3. The first-order valence-corrected chi connectivity index (χ1v) is 3.90. The first kappa shape index (κ1) is 6.17. The van der Waals surface area contributed by atoms with Crippen molar-refractivity contribution in [3.8, 4) is 0 Å². The molecule has 0 saturated heterocycles. The summed E-state index contributed by atoms with van der Waals surface area (Å²) in [6.45, 7) is 2.87. The normalized spacial score (nSPS) is 41.5. The molecule has 0 bridgehead atoms. The van der Waals surface area contributed by atoms with Crippen LogP contribution in [0.3, 0.4) is 0 Å². The second-order valence-corrected chi connectivity index (χ2v) is 2.84. The fourth-order valence-electron chi connectivity index (χ4n) is 1.61. The Morgan fingerprint density at radius 1 is 1.20 bits per heavy atom. The van der Waals surface area contributed by atoms with Crippen LogP contribution >= 0.6 is 0 Å². The van der Waals surface area contributed by atoms with Crippen LogP contribution in [0.15, 0.2) is 24.3 Å². The third kappa shape index (κ3) is 0.739. The first-order chi connectivity index (χ1) is 4.92. The molecule has 0 saturated carbocycles. The van der Waals surface area contributed by atoms with E-state index in [9.17, 15) is 0 Å². The van der Waals surface area contributed by atoms with Crippen LogP contribution in [-0.4, -0.2) is 12.7 Å². The molecule has 3 unspecified atom stereocenters. The molecule has 0 heterocycles. The summed E-state index contributed by atoms with van der Waals surface area (Å²) in [6.07, 6.45) is 9.27. The van der Waals surface area contributed by atoms with Crippen molar-refractivity contribution in [2.24, 2.45) is 11.8 Å². The van der Waals surface area contributed by atoms with Gasteiger partial charge in [0, 0.05) is 18.4 Å². The van der Waals surface area contributed by atoms with Crippen molar-refractivity contribution in [1.29, 1.82) is 0 Å². The van der Waals surface area contributed by atoms with Gasteiger partial charge in [-0.2, -0.15) is 0 Å². The molecule has 1 nitrogen and oxygen atoms in total. The van der Waals surface area contributed by atoms with Gasteiger partial charge in [-0.1, -0.05) is 24.3 Å². The molecule has 0 fully saturated rings. The molecule has 2 aliphatic rings. The lowest BCUT2D eigenvalue weighted by atomic mass is 9.84. The minimum Gasteiger partial charge on any atom is -0.374 e. The molecule has 0 aromatic heterocycles. The number of hydrogen-bond donors (Lipinski definition) is 0. The van der Waals surface area contributed by atoms with Crippen LogP contribution in [-0.2, 0) is 4.74 Å². The van der Waals surface area contributed by atoms with Crippen LogP contribution in [0.25, 0.3) is 0 Å². The third-order valence-electron chi connectivity index (χ3n) is 2.26. The summed E-state index contributed by atoms with van der Waals surface area (Å²) in [7, 11) is 0. The van der Waals surface area contributed by atoms with E-state index in [1.807, 2.05) is 6.92 Å². The topological polar surface area (TPSA) is 9.23 Å². The van der Waals surface area contributed by atoms with E-state index in [2.05, 4.69) is 24.3 Å². The first-order valence-electron chi connectivity index (χ1n) is 3.90. The van der Waals surface area contributed by atoms with Gasteiger partial charge in [0.15, 0.2) is 0 Å². The Balaban J connectivity index is 1.99. The van der Waals surface area contributed by atoms with Crippen molar-refractivity contribution in [2.75, 3.05) is 6.61 Å².